The Kier molecular flexibility index (Phi) is 2.78. The lowest BCUT2D eigenvalue weighted by Crippen LogP contribution is -1.86. The fourth-order valence-electron chi connectivity index (χ4n) is 2.93. The van der Waals surface area contributed by atoms with Crippen LogP contribution in [0.4, 0.5) is 0 Å². The van der Waals surface area contributed by atoms with Crippen LogP contribution in [0, 0.1) is 6.92 Å². The van der Waals surface area contributed by atoms with Crippen LogP contribution in [-0.2, 0) is 6.42 Å². The Balaban J connectivity index is 1.85. The first-order valence-corrected chi connectivity index (χ1v) is 7.26. The van der Waals surface area contributed by atoms with Crippen LogP contribution in [0.15, 0.2) is 71.1 Å². The van der Waals surface area contributed by atoms with Gasteiger partial charge in [0.15, 0.2) is 0 Å². The standard InChI is InChI=1S/C20H16O/c1-14-6-5-9-17-18-13-16(10-11-19(18)21-20(14)17)12-15-7-3-2-4-8-15/h2-11,13H,12H2,1H3. The van der Waals surface area contributed by atoms with Crippen molar-refractivity contribution in [2.75, 3.05) is 0 Å². The number of fused-ring (bicyclic) bond motifs is 3. The molecule has 102 valence electrons. The molecule has 1 heterocycles. The predicted octanol–water partition coefficient (Wildman–Crippen LogP) is 5.49. The zero-order valence-electron chi connectivity index (χ0n) is 12.0. The molecule has 0 amide bonds. The number of para-hydroxylation sites is 1. The zero-order chi connectivity index (χ0) is 14.2. The molecule has 0 fully saturated rings. The van der Waals surface area contributed by atoms with E-state index >= 15 is 0 Å². The van der Waals surface area contributed by atoms with Crippen LogP contribution in [0.1, 0.15) is 16.7 Å². The third-order valence-corrected chi connectivity index (χ3v) is 4.01. The van der Waals surface area contributed by atoms with Crippen LogP contribution in [0.3, 0.4) is 0 Å². The van der Waals surface area contributed by atoms with Crippen molar-refractivity contribution in [1.82, 2.24) is 0 Å². The summed E-state index contributed by atoms with van der Waals surface area (Å²) in [4.78, 5) is 0. The summed E-state index contributed by atoms with van der Waals surface area (Å²) in [5.74, 6) is 0. The van der Waals surface area contributed by atoms with Crippen LogP contribution in [0.2, 0.25) is 0 Å². The molecule has 4 rings (SSSR count). The van der Waals surface area contributed by atoms with Crippen LogP contribution in [0.5, 0.6) is 0 Å². The van der Waals surface area contributed by atoms with Crippen molar-refractivity contribution in [3.8, 4) is 0 Å². The second kappa shape index (κ2) is 4.78. The average molecular weight is 272 g/mol. The maximum atomic E-state index is 5.99. The first-order valence-electron chi connectivity index (χ1n) is 7.26. The van der Waals surface area contributed by atoms with Gasteiger partial charge in [-0.15, -0.1) is 0 Å². The predicted molar refractivity (Wildman–Crippen MR) is 87.7 cm³/mol. The van der Waals surface area contributed by atoms with Crippen molar-refractivity contribution in [2.24, 2.45) is 0 Å². The maximum absolute atomic E-state index is 5.99. The maximum Gasteiger partial charge on any atom is 0.138 e. The first-order chi connectivity index (χ1) is 10.3. The van der Waals surface area contributed by atoms with E-state index in [0.29, 0.717) is 0 Å². The molecule has 0 aliphatic rings. The van der Waals surface area contributed by atoms with Gasteiger partial charge in [0.25, 0.3) is 0 Å². The normalized spacial score (nSPS) is 11.3. The van der Waals surface area contributed by atoms with Gasteiger partial charge in [0.1, 0.15) is 11.2 Å². The molecule has 1 aromatic heterocycles. The topological polar surface area (TPSA) is 13.1 Å². The summed E-state index contributed by atoms with van der Waals surface area (Å²) in [5.41, 5.74) is 5.81. The van der Waals surface area contributed by atoms with E-state index in [2.05, 4.69) is 73.7 Å². The number of furan rings is 1. The van der Waals surface area contributed by atoms with Gasteiger partial charge in [0, 0.05) is 10.8 Å². The van der Waals surface area contributed by atoms with E-state index in [1.54, 1.807) is 0 Å². The largest absolute Gasteiger partial charge is 0.456 e. The quantitative estimate of drug-likeness (QED) is 0.470. The van der Waals surface area contributed by atoms with Gasteiger partial charge >= 0.3 is 0 Å². The van der Waals surface area contributed by atoms with Crippen LogP contribution in [0.25, 0.3) is 21.9 Å². The SMILES string of the molecule is Cc1cccc2c1oc1ccc(Cc3ccccc3)cc12. The van der Waals surface area contributed by atoms with E-state index in [9.17, 15) is 0 Å². The summed E-state index contributed by atoms with van der Waals surface area (Å²) in [6, 6.07) is 23.4. The average Bonchev–Trinajstić information content (AvgIpc) is 2.88. The molecule has 0 saturated heterocycles. The zero-order valence-corrected chi connectivity index (χ0v) is 12.0. The van der Waals surface area contributed by atoms with Crippen LogP contribution >= 0.6 is 0 Å². The van der Waals surface area contributed by atoms with E-state index < -0.39 is 0 Å². The molecule has 0 radical (unpaired) electrons. The van der Waals surface area contributed by atoms with Crippen molar-refractivity contribution in [2.45, 2.75) is 13.3 Å². The number of hydrogen-bond donors (Lipinski definition) is 0. The second-order valence-corrected chi connectivity index (χ2v) is 5.55. The highest BCUT2D eigenvalue weighted by Gasteiger charge is 2.09. The summed E-state index contributed by atoms with van der Waals surface area (Å²) in [6.45, 7) is 2.09. The van der Waals surface area contributed by atoms with E-state index in [1.807, 2.05) is 0 Å². The smallest absolute Gasteiger partial charge is 0.138 e. The molecular formula is C20H16O. The highest BCUT2D eigenvalue weighted by Crippen LogP contribution is 2.31. The summed E-state index contributed by atoms with van der Waals surface area (Å²) in [6.07, 6.45) is 0.954. The van der Waals surface area contributed by atoms with Crippen molar-refractivity contribution in [3.63, 3.8) is 0 Å². The van der Waals surface area contributed by atoms with E-state index in [4.69, 9.17) is 4.42 Å². The van der Waals surface area contributed by atoms with E-state index in [1.165, 1.54) is 27.5 Å². The minimum Gasteiger partial charge on any atom is -0.456 e. The van der Waals surface area contributed by atoms with Gasteiger partial charge in [-0.2, -0.15) is 0 Å². The van der Waals surface area contributed by atoms with Gasteiger partial charge in [-0.1, -0.05) is 54.6 Å². The van der Waals surface area contributed by atoms with E-state index in [-0.39, 0.29) is 0 Å². The molecule has 4 aromatic rings. The summed E-state index contributed by atoms with van der Waals surface area (Å²) in [7, 11) is 0. The Morgan fingerprint density at radius 3 is 2.48 bits per heavy atom. The summed E-state index contributed by atoms with van der Waals surface area (Å²) < 4.78 is 5.99. The third-order valence-electron chi connectivity index (χ3n) is 4.01. The van der Waals surface area contributed by atoms with Gasteiger partial charge in [-0.05, 0) is 42.2 Å². The second-order valence-electron chi connectivity index (χ2n) is 5.55. The minimum atomic E-state index is 0.954. The Morgan fingerprint density at radius 1 is 0.762 bits per heavy atom. The molecule has 0 spiro atoms. The van der Waals surface area contributed by atoms with Gasteiger partial charge in [-0.3, -0.25) is 0 Å². The van der Waals surface area contributed by atoms with Crippen LogP contribution < -0.4 is 0 Å². The molecule has 0 aliphatic carbocycles. The highest BCUT2D eigenvalue weighted by molar-refractivity contribution is 6.06. The number of aryl methyl sites for hydroxylation is 1. The molecule has 0 bridgehead atoms. The van der Waals surface area contributed by atoms with Gasteiger partial charge in [0.2, 0.25) is 0 Å². The third kappa shape index (κ3) is 2.11. The van der Waals surface area contributed by atoms with Gasteiger partial charge < -0.3 is 4.42 Å². The summed E-state index contributed by atoms with van der Waals surface area (Å²) in [5, 5.41) is 2.42. The molecule has 0 unspecified atom stereocenters. The monoisotopic (exact) mass is 272 g/mol. The molecule has 0 aliphatic heterocycles. The van der Waals surface area contributed by atoms with Gasteiger partial charge in [0.05, 0.1) is 0 Å². The van der Waals surface area contributed by atoms with Crippen molar-refractivity contribution < 1.29 is 4.42 Å². The molecule has 3 aromatic carbocycles. The fraction of sp³-hybridized carbons (Fsp3) is 0.100. The highest BCUT2D eigenvalue weighted by atomic mass is 16.3. The Bertz CT molecular complexity index is 917. The lowest BCUT2D eigenvalue weighted by Gasteiger charge is -2.01. The Hall–Kier alpha value is -2.54. The molecule has 1 heteroatoms. The number of rotatable bonds is 2. The molecular weight excluding hydrogens is 256 g/mol. The summed E-state index contributed by atoms with van der Waals surface area (Å²) >= 11 is 0. The lowest BCUT2D eigenvalue weighted by atomic mass is 10.0. The molecule has 0 atom stereocenters. The molecule has 21 heavy (non-hydrogen) atoms. The molecule has 1 nitrogen and oxygen atoms in total. The fourth-order valence-corrected chi connectivity index (χ4v) is 2.93. The molecule has 0 saturated carbocycles. The van der Waals surface area contributed by atoms with Crippen LogP contribution in [-0.4, -0.2) is 0 Å². The van der Waals surface area contributed by atoms with Gasteiger partial charge in [-0.25, -0.2) is 0 Å². The Labute approximate surface area is 123 Å². The van der Waals surface area contributed by atoms with Crippen molar-refractivity contribution in [3.05, 3.63) is 83.4 Å². The number of hydrogen-bond acceptors (Lipinski definition) is 1. The Morgan fingerprint density at radius 2 is 1.62 bits per heavy atom. The van der Waals surface area contributed by atoms with Crippen molar-refractivity contribution in [1.29, 1.82) is 0 Å². The van der Waals surface area contributed by atoms with Crippen molar-refractivity contribution >= 4 is 21.9 Å². The minimum absolute atomic E-state index is 0.954. The van der Waals surface area contributed by atoms with E-state index in [0.717, 1.165) is 17.6 Å². The number of benzene rings is 3. The lowest BCUT2D eigenvalue weighted by molar-refractivity contribution is 0.665. The first kappa shape index (κ1) is 12.2. The molecule has 0 N–H and O–H groups in total.